The SMILES string of the molecule is C#CCC(CC(F)(F)F)NC(=O)C1CC(=O)N(c2ccc(F)c(F)c2)C1. The third-order valence-electron chi connectivity index (χ3n) is 3.90. The Kier molecular flexibility index (Phi) is 5.85. The second-order valence-electron chi connectivity index (χ2n) is 5.94. The maximum atomic E-state index is 13.3. The molecule has 1 aromatic carbocycles. The molecule has 9 heteroatoms. The van der Waals surface area contributed by atoms with E-state index in [9.17, 15) is 31.5 Å². The van der Waals surface area contributed by atoms with Crippen LogP contribution in [0.4, 0.5) is 27.6 Å². The van der Waals surface area contributed by atoms with Crippen LogP contribution in [0.25, 0.3) is 0 Å². The number of alkyl halides is 3. The lowest BCUT2D eigenvalue weighted by molar-refractivity contribution is -0.143. The Morgan fingerprint density at radius 3 is 2.62 bits per heavy atom. The number of carbonyl (C=O) groups is 2. The summed E-state index contributed by atoms with van der Waals surface area (Å²) in [7, 11) is 0. The molecule has 26 heavy (non-hydrogen) atoms. The van der Waals surface area contributed by atoms with Gasteiger partial charge in [0.05, 0.1) is 12.3 Å². The lowest BCUT2D eigenvalue weighted by atomic mass is 10.1. The molecule has 1 heterocycles. The fourth-order valence-corrected chi connectivity index (χ4v) is 2.70. The summed E-state index contributed by atoms with van der Waals surface area (Å²) in [6.45, 7) is -0.148. The number of benzene rings is 1. The standard InChI is InChI=1S/C17H15F5N2O2/c1-2-3-11(8-17(20,21)22)23-16(26)10-6-15(25)24(9-10)12-4-5-13(18)14(19)7-12/h1,4-5,7,10-11H,3,6,8-9H2,(H,23,26). The van der Waals surface area contributed by atoms with Gasteiger partial charge in [0.2, 0.25) is 11.8 Å². The van der Waals surface area contributed by atoms with Gasteiger partial charge in [-0.05, 0) is 12.1 Å². The molecule has 2 rings (SSSR count). The largest absolute Gasteiger partial charge is 0.391 e. The Hall–Kier alpha value is -2.63. The second kappa shape index (κ2) is 7.72. The number of amides is 2. The molecule has 1 aromatic rings. The van der Waals surface area contributed by atoms with Gasteiger partial charge in [-0.25, -0.2) is 8.78 Å². The lowest BCUT2D eigenvalue weighted by Gasteiger charge is -2.21. The number of terminal acetylenes is 1. The number of anilines is 1. The quantitative estimate of drug-likeness (QED) is 0.637. The summed E-state index contributed by atoms with van der Waals surface area (Å²) in [5, 5.41) is 2.22. The number of nitrogens with one attached hydrogen (secondary N) is 1. The first-order valence-corrected chi connectivity index (χ1v) is 7.66. The van der Waals surface area contributed by atoms with E-state index in [-0.39, 0.29) is 25.1 Å². The van der Waals surface area contributed by atoms with Crippen molar-refractivity contribution in [3.63, 3.8) is 0 Å². The smallest absolute Gasteiger partial charge is 0.352 e. The normalized spacial score (nSPS) is 18.5. The van der Waals surface area contributed by atoms with Crippen molar-refractivity contribution in [1.82, 2.24) is 5.32 Å². The lowest BCUT2D eigenvalue weighted by Crippen LogP contribution is -2.42. The molecular formula is C17H15F5N2O2. The van der Waals surface area contributed by atoms with Crippen molar-refractivity contribution in [2.45, 2.75) is 31.5 Å². The molecule has 1 N–H and O–H groups in total. The highest BCUT2D eigenvalue weighted by molar-refractivity contribution is 6.00. The Balaban J connectivity index is 2.05. The van der Waals surface area contributed by atoms with Crippen LogP contribution in [0.5, 0.6) is 0 Å². The van der Waals surface area contributed by atoms with E-state index in [2.05, 4.69) is 11.2 Å². The summed E-state index contributed by atoms with van der Waals surface area (Å²) in [4.78, 5) is 25.3. The first-order chi connectivity index (χ1) is 12.1. The molecule has 0 saturated carbocycles. The molecule has 1 fully saturated rings. The van der Waals surface area contributed by atoms with Crippen LogP contribution in [0.15, 0.2) is 18.2 Å². The minimum Gasteiger partial charge on any atom is -0.352 e. The van der Waals surface area contributed by atoms with Gasteiger partial charge in [0.25, 0.3) is 0 Å². The highest BCUT2D eigenvalue weighted by Crippen LogP contribution is 2.27. The number of carbonyl (C=O) groups excluding carboxylic acids is 2. The summed E-state index contributed by atoms with van der Waals surface area (Å²) in [5.41, 5.74) is 0.0691. The van der Waals surface area contributed by atoms with Gasteiger partial charge in [-0.1, -0.05) is 0 Å². The van der Waals surface area contributed by atoms with E-state index in [4.69, 9.17) is 6.42 Å². The third-order valence-corrected chi connectivity index (χ3v) is 3.90. The Morgan fingerprint density at radius 2 is 2.04 bits per heavy atom. The molecule has 0 radical (unpaired) electrons. The molecule has 0 bridgehead atoms. The summed E-state index contributed by atoms with van der Waals surface area (Å²) in [6.07, 6.45) is -1.31. The van der Waals surface area contributed by atoms with Gasteiger partial charge < -0.3 is 10.2 Å². The van der Waals surface area contributed by atoms with Crippen molar-refractivity contribution in [1.29, 1.82) is 0 Å². The van der Waals surface area contributed by atoms with Gasteiger partial charge in [-0.2, -0.15) is 13.2 Å². The van der Waals surface area contributed by atoms with E-state index in [1.807, 2.05) is 0 Å². The average molecular weight is 374 g/mol. The fourth-order valence-electron chi connectivity index (χ4n) is 2.70. The van der Waals surface area contributed by atoms with Crippen LogP contribution < -0.4 is 10.2 Å². The number of hydrogen-bond donors (Lipinski definition) is 1. The zero-order chi connectivity index (χ0) is 19.5. The number of nitrogens with zero attached hydrogens (tertiary/aromatic N) is 1. The Labute approximate surface area is 146 Å². The van der Waals surface area contributed by atoms with Crippen LogP contribution in [0.3, 0.4) is 0 Å². The molecule has 2 atom stereocenters. The van der Waals surface area contributed by atoms with Gasteiger partial charge in [0, 0.05) is 37.2 Å². The molecule has 1 aliphatic heterocycles. The molecule has 0 aromatic heterocycles. The summed E-state index contributed by atoms with van der Waals surface area (Å²) >= 11 is 0. The van der Waals surface area contributed by atoms with Crippen molar-refractivity contribution < 1.29 is 31.5 Å². The first-order valence-electron chi connectivity index (χ1n) is 7.66. The highest BCUT2D eigenvalue weighted by atomic mass is 19.4. The molecular weight excluding hydrogens is 359 g/mol. The molecule has 1 aliphatic rings. The molecule has 140 valence electrons. The van der Waals surface area contributed by atoms with E-state index in [0.29, 0.717) is 0 Å². The van der Waals surface area contributed by atoms with Gasteiger partial charge in [-0.15, -0.1) is 12.3 Å². The topological polar surface area (TPSA) is 49.4 Å². The van der Waals surface area contributed by atoms with Crippen LogP contribution >= 0.6 is 0 Å². The monoisotopic (exact) mass is 374 g/mol. The minimum atomic E-state index is -4.50. The van der Waals surface area contributed by atoms with Crippen molar-refractivity contribution >= 4 is 17.5 Å². The average Bonchev–Trinajstić information content (AvgIpc) is 2.91. The van der Waals surface area contributed by atoms with Gasteiger partial charge in [0.15, 0.2) is 11.6 Å². The fraction of sp³-hybridized carbons (Fsp3) is 0.412. The summed E-state index contributed by atoms with van der Waals surface area (Å²) in [5.74, 6) is -2.33. The maximum Gasteiger partial charge on any atom is 0.391 e. The van der Waals surface area contributed by atoms with Crippen LogP contribution in [-0.2, 0) is 9.59 Å². The molecule has 2 amide bonds. The van der Waals surface area contributed by atoms with Gasteiger partial charge >= 0.3 is 6.18 Å². The number of rotatable bonds is 5. The zero-order valence-corrected chi connectivity index (χ0v) is 13.4. The first kappa shape index (κ1) is 19.7. The van der Waals surface area contributed by atoms with Crippen LogP contribution in [0.2, 0.25) is 0 Å². The predicted octanol–water partition coefficient (Wildman–Crippen LogP) is 2.78. The molecule has 0 spiro atoms. The van der Waals surface area contributed by atoms with E-state index in [1.165, 1.54) is 6.07 Å². The molecule has 1 saturated heterocycles. The Morgan fingerprint density at radius 1 is 1.35 bits per heavy atom. The highest BCUT2D eigenvalue weighted by Gasteiger charge is 2.38. The summed E-state index contributed by atoms with van der Waals surface area (Å²) in [6, 6.07) is 1.55. The number of hydrogen-bond acceptors (Lipinski definition) is 2. The van der Waals surface area contributed by atoms with Gasteiger partial charge in [-0.3, -0.25) is 9.59 Å². The molecule has 0 aliphatic carbocycles. The Bertz CT molecular complexity index is 742. The van der Waals surface area contributed by atoms with E-state index in [1.54, 1.807) is 0 Å². The van der Waals surface area contributed by atoms with Crippen LogP contribution in [-0.4, -0.2) is 30.6 Å². The van der Waals surface area contributed by atoms with Gasteiger partial charge in [0.1, 0.15) is 0 Å². The second-order valence-corrected chi connectivity index (χ2v) is 5.94. The zero-order valence-electron chi connectivity index (χ0n) is 13.4. The summed E-state index contributed by atoms with van der Waals surface area (Å²) < 4.78 is 63.9. The van der Waals surface area contributed by atoms with Crippen LogP contribution in [0, 0.1) is 29.9 Å². The van der Waals surface area contributed by atoms with Crippen molar-refractivity contribution in [2.75, 3.05) is 11.4 Å². The van der Waals surface area contributed by atoms with E-state index in [0.717, 1.165) is 17.0 Å². The third kappa shape index (κ3) is 4.94. The van der Waals surface area contributed by atoms with Crippen molar-refractivity contribution in [3.05, 3.63) is 29.8 Å². The minimum absolute atomic E-state index is 0.0691. The van der Waals surface area contributed by atoms with Crippen molar-refractivity contribution in [3.8, 4) is 12.3 Å². The van der Waals surface area contributed by atoms with Crippen molar-refractivity contribution in [2.24, 2.45) is 5.92 Å². The van der Waals surface area contributed by atoms with E-state index < -0.39 is 48.0 Å². The predicted molar refractivity (Wildman–Crippen MR) is 82.9 cm³/mol. The maximum absolute atomic E-state index is 13.3. The van der Waals surface area contributed by atoms with E-state index >= 15 is 0 Å². The molecule has 2 unspecified atom stereocenters. The van der Waals surface area contributed by atoms with Crippen LogP contribution in [0.1, 0.15) is 19.3 Å². The number of halogens is 5. The molecule has 4 nitrogen and oxygen atoms in total.